The number of thioether (sulfide) groups is 1. The van der Waals surface area contributed by atoms with Crippen LogP contribution in [0.3, 0.4) is 0 Å². The first-order valence-corrected chi connectivity index (χ1v) is 9.87. The number of benzene rings is 2. The predicted molar refractivity (Wildman–Crippen MR) is 118 cm³/mol. The Morgan fingerprint density at radius 3 is 2.57 bits per heavy atom. The Kier molecular flexibility index (Phi) is 4.97. The van der Waals surface area contributed by atoms with Crippen molar-refractivity contribution in [3.63, 3.8) is 0 Å². The fraction of sp³-hybridized carbons (Fsp3) is 0. The van der Waals surface area contributed by atoms with Gasteiger partial charge in [0, 0.05) is 10.2 Å². The highest BCUT2D eigenvalue weighted by Gasteiger charge is 2.31. The summed E-state index contributed by atoms with van der Waals surface area (Å²) in [5.41, 5.74) is 2.21. The van der Waals surface area contributed by atoms with Gasteiger partial charge in [0.15, 0.2) is 0 Å². The number of nitrogens with one attached hydrogen (secondary N) is 2. The number of anilines is 1. The van der Waals surface area contributed by atoms with Crippen LogP contribution in [0.5, 0.6) is 0 Å². The smallest absolute Gasteiger partial charge is 0.272 e. The fourth-order valence-electron chi connectivity index (χ4n) is 2.81. The molecule has 28 heavy (non-hydrogen) atoms. The predicted octanol–water partition coefficient (Wildman–Crippen LogP) is 4.56. The van der Waals surface area contributed by atoms with Crippen LogP contribution in [0.15, 0.2) is 85.9 Å². The largest absolute Gasteiger partial charge is 0.340 e. The third kappa shape index (κ3) is 3.32. The number of rotatable bonds is 4. The summed E-state index contributed by atoms with van der Waals surface area (Å²) in [7, 11) is 0. The Morgan fingerprint density at radius 2 is 1.89 bits per heavy atom. The first-order chi connectivity index (χ1) is 13.6. The van der Waals surface area contributed by atoms with Gasteiger partial charge in [-0.2, -0.15) is 0 Å². The molecule has 0 radical (unpaired) electrons. The zero-order valence-electron chi connectivity index (χ0n) is 14.5. The number of para-hydroxylation sites is 1. The topological polar surface area (TPSA) is 83.1 Å². The zero-order valence-corrected chi connectivity index (χ0v) is 16.9. The molecule has 6 nitrogen and oxygen atoms in total. The fourth-order valence-corrected chi connectivity index (χ4v) is 4.01. The van der Waals surface area contributed by atoms with Crippen LogP contribution in [0.4, 0.5) is 5.69 Å². The lowest BCUT2D eigenvalue weighted by Gasteiger charge is -2.10. The first-order valence-electron chi connectivity index (χ1n) is 8.26. The van der Waals surface area contributed by atoms with Crippen molar-refractivity contribution in [2.45, 2.75) is 4.90 Å². The lowest BCUT2D eigenvalue weighted by atomic mass is 10.2. The average molecular weight is 452 g/mol. The Bertz CT molecular complexity index is 1170. The average Bonchev–Trinajstić information content (AvgIpc) is 3.05. The molecule has 2 aromatic carbocycles. The third-order valence-electron chi connectivity index (χ3n) is 4.13. The first kappa shape index (κ1) is 18.4. The highest BCUT2D eigenvalue weighted by Crippen LogP contribution is 2.39. The van der Waals surface area contributed by atoms with Crippen molar-refractivity contribution in [3.8, 4) is 5.69 Å². The van der Waals surface area contributed by atoms with Gasteiger partial charge >= 0.3 is 0 Å². The standard InChI is InChI=1S/C20H14BrN5OS/c1-23-19(25-13-5-3-2-4-6-13)15-16-17(28-18(15)22)20(27)26(11-24-16)14-9-7-12(21)8-10-14/h2-11,22,25H,1H2/b19-15+,22-18?. The second kappa shape index (κ2) is 7.57. The van der Waals surface area contributed by atoms with E-state index in [-0.39, 0.29) is 10.6 Å². The van der Waals surface area contributed by atoms with Crippen molar-refractivity contribution in [1.82, 2.24) is 9.55 Å². The molecule has 2 heterocycles. The lowest BCUT2D eigenvalue weighted by Crippen LogP contribution is -2.21. The summed E-state index contributed by atoms with van der Waals surface area (Å²) in [5.74, 6) is 0.399. The molecule has 0 bridgehead atoms. The molecule has 138 valence electrons. The van der Waals surface area contributed by atoms with Crippen LogP contribution in [0, 0.1) is 5.41 Å². The molecule has 0 spiro atoms. The molecule has 4 rings (SSSR count). The van der Waals surface area contributed by atoms with Crippen molar-refractivity contribution in [2.24, 2.45) is 4.99 Å². The Hall–Kier alpha value is -2.97. The summed E-state index contributed by atoms with van der Waals surface area (Å²) in [6.45, 7) is 3.61. The van der Waals surface area contributed by atoms with Crippen molar-refractivity contribution < 1.29 is 0 Å². The second-order valence-corrected chi connectivity index (χ2v) is 7.81. The summed E-state index contributed by atoms with van der Waals surface area (Å²) in [4.78, 5) is 21.9. The van der Waals surface area contributed by atoms with E-state index in [4.69, 9.17) is 5.41 Å². The summed E-state index contributed by atoms with van der Waals surface area (Å²) < 4.78 is 2.40. The molecule has 1 aliphatic heterocycles. The Labute approximate surface area is 173 Å². The number of aliphatic imine (C=N–C) groups is 1. The zero-order chi connectivity index (χ0) is 19.7. The summed E-state index contributed by atoms with van der Waals surface area (Å²) in [6, 6.07) is 16.8. The van der Waals surface area contributed by atoms with Crippen molar-refractivity contribution >= 4 is 50.7 Å². The molecular formula is C20H14BrN5OS. The van der Waals surface area contributed by atoms with Crippen molar-refractivity contribution in [1.29, 1.82) is 5.41 Å². The highest BCUT2D eigenvalue weighted by atomic mass is 79.9. The monoisotopic (exact) mass is 451 g/mol. The summed E-state index contributed by atoms with van der Waals surface area (Å²) >= 11 is 4.47. The molecule has 0 saturated carbocycles. The third-order valence-corrected chi connectivity index (χ3v) is 5.64. The van der Waals surface area contributed by atoms with Gasteiger partial charge in [0.1, 0.15) is 22.1 Å². The van der Waals surface area contributed by atoms with E-state index >= 15 is 0 Å². The molecule has 1 aliphatic rings. The van der Waals surface area contributed by atoms with E-state index in [1.807, 2.05) is 54.6 Å². The molecule has 2 N–H and O–H groups in total. The van der Waals surface area contributed by atoms with Crippen LogP contribution in [0.1, 0.15) is 5.69 Å². The molecule has 0 atom stereocenters. The molecular weight excluding hydrogens is 438 g/mol. The number of hydrogen-bond acceptors (Lipinski definition) is 6. The van der Waals surface area contributed by atoms with Crippen LogP contribution in [-0.2, 0) is 0 Å². The molecule has 8 heteroatoms. The minimum atomic E-state index is -0.222. The Morgan fingerprint density at radius 1 is 1.18 bits per heavy atom. The van der Waals surface area contributed by atoms with Crippen LogP contribution in [0.2, 0.25) is 0 Å². The molecule has 3 aromatic rings. The van der Waals surface area contributed by atoms with Crippen LogP contribution in [-0.4, -0.2) is 21.3 Å². The number of halogens is 1. The quantitative estimate of drug-likeness (QED) is 0.569. The second-order valence-electron chi connectivity index (χ2n) is 5.88. The van der Waals surface area contributed by atoms with E-state index in [2.05, 4.69) is 37.9 Å². The van der Waals surface area contributed by atoms with E-state index in [1.165, 1.54) is 10.9 Å². The minimum Gasteiger partial charge on any atom is -0.340 e. The summed E-state index contributed by atoms with van der Waals surface area (Å²) in [6.07, 6.45) is 1.48. The van der Waals surface area contributed by atoms with Gasteiger partial charge in [-0.15, -0.1) is 0 Å². The van der Waals surface area contributed by atoms with Gasteiger partial charge in [0.2, 0.25) is 0 Å². The molecule has 0 amide bonds. The van der Waals surface area contributed by atoms with Gasteiger partial charge < -0.3 is 5.32 Å². The van der Waals surface area contributed by atoms with Gasteiger partial charge in [-0.3, -0.25) is 14.8 Å². The lowest BCUT2D eigenvalue weighted by molar-refractivity contribution is 0.884. The van der Waals surface area contributed by atoms with Crippen molar-refractivity contribution in [3.05, 3.63) is 87.3 Å². The number of nitrogens with zero attached hydrogens (tertiary/aromatic N) is 3. The molecule has 0 saturated heterocycles. The number of fused-ring (bicyclic) bond motifs is 1. The molecule has 0 unspecified atom stereocenters. The molecule has 0 aliphatic carbocycles. The van der Waals surface area contributed by atoms with Gasteiger partial charge in [-0.1, -0.05) is 45.9 Å². The number of hydrogen-bond donors (Lipinski definition) is 2. The van der Waals surface area contributed by atoms with Gasteiger partial charge in [-0.25, -0.2) is 9.98 Å². The highest BCUT2D eigenvalue weighted by molar-refractivity contribution is 9.10. The maximum absolute atomic E-state index is 13.0. The van der Waals surface area contributed by atoms with E-state index < -0.39 is 0 Å². The Balaban J connectivity index is 1.81. The minimum absolute atomic E-state index is 0.207. The molecule has 0 fully saturated rings. The van der Waals surface area contributed by atoms with Gasteiger partial charge in [0.25, 0.3) is 5.56 Å². The molecule has 1 aromatic heterocycles. The van der Waals surface area contributed by atoms with E-state index in [0.29, 0.717) is 27.7 Å². The van der Waals surface area contributed by atoms with Gasteiger partial charge in [-0.05, 0) is 43.1 Å². The SMILES string of the molecule is C=N/C(Nc1ccccc1)=C1\C(=N)Sc2c1ncn(-c1ccc(Br)cc1)c2=O. The summed E-state index contributed by atoms with van der Waals surface area (Å²) in [5, 5.41) is 11.7. The van der Waals surface area contributed by atoms with Crippen LogP contribution >= 0.6 is 27.7 Å². The van der Waals surface area contributed by atoms with E-state index in [9.17, 15) is 4.79 Å². The maximum atomic E-state index is 13.0. The number of aromatic nitrogens is 2. The van der Waals surface area contributed by atoms with E-state index in [0.717, 1.165) is 21.9 Å². The van der Waals surface area contributed by atoms with Crippen molar-refractivity contribution in [2.75, 3.05) is 5.32 Å². The van der Waals surface area contributed by atoms with Crippen LogP contribution in [0.25, 0.3) is 11.3 Å². The van der Waals surface area contributed by atoms with E-state index in [1.54, 1.807) is 0 Å². The van der Waals surface area contributed by atoms with Crippen LogP contribution < -0.4 is 10.9 Å². The maximum Gasteiger partial charge on any atom is 0.272 e. The normalized spacial score (nSPS) is 14.5. The van der Waals surface area contributed by atoms with Gasteiger partial charge in [0.05, 0.1) is 17.0 Å².